The molecular weight excluding hydrogens is 347 g/mol. The van der Waals surface area contributed by atoms with E-state index in [1.54, 1.807) is 42.5 Å². The Kier molecular flexibility index (Phi) is 5.66. The Morgan fingerprint density at radius 3 is 2.32 bits per heavy atom. The van der Waals surface area contributed by atoms with Gasteiger partial charge in [0, 0.05) is 10.7 Å². The summed E-state index contributed by atoms with van der Waals surface area (Å²) in [5.41, 5.74) is 0.876. The average Bonchev–Trinajstić information content (AvgIpc) is 2.43. The Morgan fingerprint density at radius 1 is 0.909 bits per heavy atom. The zero-order valence-electron chi connectivity index (χ0n) is 11.2. The number of amides is 2. The normalized spacial score (nSPS) is 10.1. The van der Waals surface area contributed by atoms with Crippen LogP contribution in [0.3, 0.4) is 0 Å². The minimum atomic E-state index is -0.497. The zero-order valence-corrected chi connectivity index (χ0v) is 13.5. The third-order valence-electron chi connectivity index (χ3n) is 2.66. The Morgan fingerprint density at radius 2 is 1.59 bits per heavy atom. The lowest BCUT2D eigenvalue weighted by molar-refractivity contribution is -0.123. The highest BCUT2D eigenvalue weighted by Gasteiger charge is 2.12. The van der Waals surface area contributed by atoms with Gasteiger partial charge in [0.25, 0.3) is 0 Å². The number of carbonyl (C=O) groups is 2. The van der Waals surface area contributed by atoms with Crippen LogP contribution in [-0.2, 0) is 9.59 Å². The molecule has 0 radical (unpaired) electrons. The summed E-state index contributed by atoms with van der Waals surface area (Å²) in [5, 5.41) is 6.16. The van der Waals surface area contributed by atoms with Crippen LogP contribution in [-0.4, -0.2) is 11.8 Å². The maximum atomic E-state index is 11.8. The van der Waals surface area contributed by atoms with Crippen molar-refractivity contribution in [2.24, 2.45) is 0 Å². The molecule has 4 nitrogen and oxygen atoms in total. The lowest BCUT2D eigenvalue weighted by Crippen LogP contribution is -2.21. The summed E-state index contributed by atoms with van der Waals surface area (Å²) < 4.78 is 0. The van der Waals surface area contributed by atoms with Gasteiger partial charge in [0.15, 0.2) is 0 Å². The molecule has 22 heavy (non-hydrogen) atoms. The molecule has 2 N–H and O–H groups in total. The number of hydrogen-bond donors (Lipinski definition) is 2. The smallest absolute Gasteiger partial charge is 0.233 e. The fourth-order valence-electron chi connectivity index (χ4n) is 1.71. The molecule has 0 fully saturated rings. The first-order chi connectivity index (χ1) is 10.5. The van der Waals surface area contributed by atoms with Crippen LogP contribution in [0.5, 0.6) is 0 Å². The summed E-state index contributed by atoms with van der Waals surface area (Å²) in [5.74, 6) is -0.957. The third kappa shape index (κ3) is 4.63. The first-order valence-corrected chi connectivity index (χ1v) is 7.38. The van der Waals surface area contributed by atoms with Crippen LogP contribution < -0.4 is 10.6 Å². The molecule has 0 spiro atoms. The molecule has 0 saturated carbocycles. The third-order valence-corrected chi connectivity index (χ3v) is 3.71. The molecule has 0 aliphatic rings. The molecule has 0 atom stereocenters. The van der Waals surface area contributed by atoms with Crippen LogP contribution in [0.2, 0.25) is 15.1 Å². The molecule has 0 saturated heterocycles. The zero-order chi connectivity index (χ0) is 16.1. The SMILES string of the molecule is O=C(CC(=O)Nc1cccc(Cl)c1Cl)Nc1cccc(Cl)c1. The van der Waals surface area contributed by atoms with Gasteiger partial charge < -0.3 is 10.6 Å². The van der Waals surface area contributed by atoms with Gasteiger partial charge in [-0.15, -0.1) is 0 Å². The van der Waals surface area contributed by atoms with Crippen molar-refractivity contribution in [2.45, 2.75) is 6.42 Å². The fraction of sp³-hybridized carbons (Fsp3) is 0.0667. The van der Waals surface area contributed by atoms with Gasteiger partial charge in [0.1, 0.15) is 6.42 Å². The van der Waals surface area contributed by atoms with E-state index in [1.165, 1.54) is 0 Å². The molecule has 7 heteroatoms. The Bertz CT molecular complexity index is 720. The van der Waals surface area contributed by atoms with E-state index in [0.29, 0.717) is 21.4 Å². The minimum Gasteiger partial charge on any atom is -0.326 e. The van der Waals surface area contributed by atoms with Gasteiger partial charge in [-0.1, -0.05) is 46.9 Å². The second kappa shape index (κ2) is 7.49. The second-order valence-corrected chi connectivity index (χ2v) is 5.61. The van der Waals surface area contributed by atoms with E-state index in [4.69, 9.17) is 34.8 Å². The molecular formula is C15H11Cl3N2O2. The molecule has 2 amide bonds. The van der Waals surface area contributed by atoms with Crippen LogP contribution in [0.4, 0.5) is 11.4 Å². The van der Waals surface area contributed by atoms with Crippen LogP contribution >= 0.6 is 34.8 Å². The second-order valence-electron chi connectivity index (χ2n) is 4.38. The molecule has 0 aromatic heterocycles. The summed E-state index contributed by atoms with van der Waals surface area (Å²) in [6.07, 6.45) is -0.352. The van der Waals surface area contributed by atoms with E-state index in [-0.39, 0.29) is 11.4 Å². The van der Waals surface area contributed by atoms with Gasteiger partial charge in [-0.25, -0.2) is 0 Å². The van der Waals surface area contributed by atoms with Crippen LogP contribution in [0.1, 0.15) is 6.42 Å². The van der Waals surface area contributed by atoms with Crippen molar-refractivity contribution in [2.75, 3.05) is 10.6 Å². The number of anilines is 2. The topological polar surface area (TPSA) is 58.2 Å². The summed E-state index contributed by atoms with van der Waals surface area (Å²) in [7, 11) is 0. The molecule has 2 aromatic carbocycles. The Labute approximate surface area is 142 Å². The minimum absolute atomic E-state index is 0.229. The first kappa shape index (κ1) is 16.6. The first-order valence-electron chi connectivity index (χ1n) is 6.25. The Hall–Kier alpha value is -1.75. The van der Waals surface area contributed by atoms with E-state index >= 15 is 0 Å². The number of halogens is 3. The number of hydrogen-bond acceptors (Lipinski definition) is 2. The highest BCUT2D eigenvalue weighted by molar-refractivity contribution is 6.44. The highest BCUT2D eigenvalue weighted by atomic mass is 35.5. The lowest BCUT2D eigenvalue weighted by atomic mass is 10.2. The quantitative estimate of drug-likeness (QED) is 0.785. The van der Waals surface area contributed by atoms with E-state index in [2.05, 4.69) is 10.6 Å². The largest absolute Gasteiger partial charge is 0.326 e. The average molecular weight is 358 g/mol. The predicted molar refractivity (Wildman–Crippen MR) is 89.8 cm³/mol. The molecule has 0 unspecified atom stereocenters. The van der Waals surface area contributed by atoms with Gasteiger partial charge >= 0.3 is 0 Å². The number of nitrogens with one attached hydrogen (secondary N) is 2. The van der Waals surface area contributed by atoms with Crippen molar-refractivity contribution in [3.63, 3.8) is 0 Å². The van der Waals surface area contributed by atoms with Gasteiger partial charge in [0.05, 0.1) is 15.7 Å². The standard InChI is InChI=1S/C15H11Cl3N2O2/c16-9-3-1-4-10(7-9)19-13(21)8-14(22)20-12-6-2-5-11(17)15(12)18/h1-7H,8H2,(H,19,21)(H,20,22). The molecule has 0 heterocycles. The van der Waals surface area contributed by atoms with Crippen LogP contribution in [0.15, 0.2) is 42.5 Å². The van der Waals surface area contributed by atoms with E-state index < -0.39 is 11.8 Å². The number of carbonyl (C=O) groups excluding carboxylic acids is 2. The maximum absolute atomic E-state index is 11.8. The maximum Gasteiger partial charge on any atom is 0.233 e. The highest BCUT2D eigenvalue weighted by Crippen LogP contribution is 2.29. The molecule has 0 aliphatic carbocycles. The summed E-state index contributed by atoms with van der Waals surface area (Å²) in [6, 6.07) is 11.5. The van der Waals surface area contributed by atoms with E-state index in [0.717, 1.165) is 0 Å². The van der Waals surface area contributed by atoms with Crippen molar-refractivity contribution in [3.05, 3.63) is 57.5 Å². The van der Waals surface area contributed by atoms with E-state index in [1.807, 2.05) is 0 Å². The van der Waals surface area contributed by atoms with Crippen molar-refractivity contribution in [1.29, 1.82) is 0 Å². The van der Waals surface area contributed by atoms with Gasteiger partial charge in [0.2, 0.25) is 11.8 Å². The van der Waals surface area contributed by atoms with E-state index in [9.17, 15) is 9.59 Å². The van der Waals surface area contributed by atoms with Crippen molar-refractivity contribution >= 4 is 58.0 Å². The number of benzene rings is 2. The molecule has 2 aromatic rings. The molecule has 114 valence electrons. The van der Waals surface area contributed by atoms with Gasteiger partial charge in [-0.3, -0.25) is 9.59 Å². The Balaban J connectivity index is 1.94. The van der Waals surface area contributed by atoms with Crippen molar-refractivity contribution < 1.29 is 9.59 Å². The van der Waals surface area contributed by atoms with Crippen LogP contribution in [0.25, 0.3) is 0 Å². The fourth-order valence-corrected chi connectivity index (χ4v) is 2.25. The monoisotopic (exact) mass is 356 g/mol. The molecule has 2 rings (SSSR count). The van der Waals surface area contributed by atoms with Gasteiger partial charge in [-0.2, -0.15) is 0 Å². The van der Waals surface area contributed by atoms with Crippen molar-refractivity contribution in [3.8, 4) is 0 Å². The van der Waals surface area contributed by atoms with Crippen molar-refractivity contribution in [1.82, 2.24) is 0 Å². The summed E-state index contributed by atoms with van der Waals surface area (Å²) >= 11 is 17.6. The summed E-state index contributed by atoms with van der Waals surface area (Å²) in [6.45, 7) is 0. The lowest BCUT2D eigenvalue weighted by Gasteiger charge is -2.09. The number of rotatable bonds is 4. The van der Waals surface area contributed by atoms with Gasteiger partial charge in [-0.05, 0) is 30.3 Å². The summed E-state index contributed by atoms with van der Waals surface area (Å²) in [4.78, 5) is 23.6. The predicted octanol–water partition coefficient (Wildman–Crippen LogP) is 4.61. The molecule has 0 bridgehead atoms. The van der Waals surface area contributed by atoms with Crippen LogP contribution in [0, 0.1) is 0 Å². The molecule has 0 aliphatic heterocycles.